The number of methoxy groups -OCH3 is 1. The summed E-state index contributed by atoms with van der Waals surface area (Å²) < 4.78 is 41.0. The molecule has 2 N–H and O–H groups in total. The van der Waals surface area contributed by atoms with Crippen molar-refractivity contribution in [3.05, 3.63) is 24.0 Å². The van der Waals surface area contributed by atoms with Gasteiger partial charge in [0.25, 0.3) is 0 Å². The number of aromatic nitrogens is 1. The Labute approximate surface area is 91.4 Å². The van der Waals surface area contributed by atoms with E-state index in [-0.39, 0.29) is 6.42 Å². The highest BCUT2D eigenvalue weighted by atomic mass is 19.4. The number of hydrogen-bond donors (Lipinski definition) is 1. The van der Waals surface area contributed by atoms with Crippen LogP contribution in [0.2, 0.25) is 0 Å². The summed E-state index contributed by atoms with van der Waals surface area (Å²) in [6, 6.07) is 0.874. The van der Waals surface area contributed by atoms with Gasteiger partial charge in [0, 0.05) is 24.2 Å². The summed E-state index contributed by atoms with van der Waals surface area (Å²) in [5, 5.41) is 0. The number of hydrogen-bond acceptors (Lipinski definition) is 3. The summed E-state index contributed by atoms with van der Waals surface area (Å²) >= 11 is 0. The molecule has 1 atom stereocenters. The molecular formula is C10H13F3N2O. The second-order valence-electron chi connectivity index (χ2n) is 3.38. The van der Waals surface area contributed by atoms with Crippen molar-refractivity contribution in [3.63, 3.8) is 0 Å². The zero-order chi connectivity index (χ0) is 12.2. The fraction of sp³-hybridized carbons (Fsp3) is 0.500. The van der Waals surface area contributed by atoms with E-state index >= 15 is 0 Å². The summed E-state index contributed by atoms with van der Waals surface area (Å²) in [6.45, 7) is 0. The van der Waals surface area contributed by atoms with Gasteiger partial charge in [0.2, 0.25) is 0 Å². The Morgan fingerprint density at radius 1 is 1.50 bits per heavy atom. The Kier molecular flexibility index (Phi) is 4.12. The molecule has 1 aromatic heterocycles. The lowest BCUT2D eigenvalue weighted by atomic mass is 10.0. The average Bonchev–Trinajstić information content (AvgIpc) is 2.25. The number of ether oxygens (including phenoxy) is 1. The van der Waals surface area contributed by atoms with E-state index in [0.29, 0.717) is 11.3 Å². The predicted molar refractivity (Wildman–Crippen MR) is 53.0 cm³/mol. The van der Waals surface area contributed by atoms with Crippen molar-refractivity contribution in [2.24, 2.45) is 5.73 Å². The zero-order valence-electron chi connectivity index (χ0n) is 8.79. The maximum atomic E-state index is 12.0. The molecule has 90 valence electrons. The Hall–Kier alpha value is -1.30. The summed E-state index contributed by atoms with van der Waals surface area (Å²) in [4.78, 5) is 3.80. The third kappa shape index (κ3) is 3.69. The molecular weight excluding hydrogens is 221 g/mol. The third-order valence-corrected chi connectivity index (χ3v) is 2.17. The molecule has 0 aromatic carbocycles. The lowest BCUT2D eigenvalue weighted by molar-refractivity contribution is -0.136. The summed E-state index contributed by atoms with van der Waals surface area (Å²) in [5.41, 5.74) is 6.21. The number of rotatable bonds is 4. The number of alkyl halides is 3. The Morgan fingerprint density at radius 3 is 2.75 bits per heavy atom. The van der Waals surface area contributed by atoms with Crippen molar-refractivity contribution in [3.8, 4) is 5.75 Å². The van der Waals surface area contributed by atoms with Crippen LogP contribution in [-0.2, 0) is 0 Å². The van der Waals surface area contributed by atoms with Crippen LogP contribution in [-0.4, -0.2) is 18.3 Å². The second-order valence-corrected chi connectivity index (χ2v) is 3.38. The van der Waals surface area contributed by atoms with Gasteiger partial charge < -0.3 is 10.5 Å². The van der Waals surface area contributed by atoms with E-state index in [2.05, 4.69) is 4.98 Å². The molecule has 1 unspecified atom stereocenters. The van der Waals surface area contributed by atoms with Gasteiger partial charge in [0.05, 0.1) is 13.3 Å². The lowest BCUT2D eigenvalue weighted by Crippen LogP contribution is -2.16. The van der Waals surface area contributed by atoms with E-state index in [1.165, 1.54) is 19.5 Å². The Bertz CT molecular complexity index is 341. The molecule has 1 aromatic rings. The van der Waals surface area contributed by atoms with Gasteiger partial charge in [-0.3, -0.25) is 4.98 Å². The van der Waals surface area contributed by atoms with Crippen LogP contribution in [0.3, 0.4) is 0 Å². The van der Waals surface area contributed by atoms with E-state index in [1.807, 2.05) is 0 Å². The van der Waals surface area contributed by atoms with E-state index in [1.54, 1.807) is 6.07 Å². The van der Waals surface area contributed by atoms with E-state index in [9.17, 15) is 13.2 Å². The molecule has 0 saturated heterocycles. The second kappa shape index (κ2) is 5.16. The minimum atomic E-state index is -4.18. The van der Waals surface area contributed by atoms with Crippen LogP contribution in [0.1, 0.15) is 24.4 Å². The van der Waals surface area contributed by atoms with Crippen LogP contribution in [0.4, 0.5) is 13.2 Å². The average molecular weight is 234 g/mol. The minimum Gasteiger partial charge on any atom is -0.495 e. The monoisotopic (exact) mass is 234 g/mol. The van der Waals surface area contributed by atoms with Crippen molar-refractivity contribution >= 4 is 0 Å². The first-order valence-corrected chi connectivity index (χ1v) is 4.74. The number of pyridine rings is 1. The van der Waals surface area contributed by atoms with Gasteiger partial charge in [-0.2, -0.15) is 13.2 Å². The highest BCUT2D eigenvalue weighted by molar-refractivity contribution is 5.32. The van der Waals surface area contributed by atoms with Crippen molar-refractivity contribution in [2.75, 3.05) is 7.11 Å². The SMILES string of the molecule is COc1cnccc1C(N)CCC(F)(F)F. The fourth-order valence-corrected chi connectivity index (χ4v) is 1.34. The van der Waals surface area contributed by atoms with Gasteiger partial charge >= 0.3 is 6.18 Å². The quantitative estimate of drug-likeness (QED) is 0.870. The Balaban J connectivity index is 2.69. The Morgan fingerprint density at radius 2 is 2.19 bits per heavy atom. The molecule has 0 bridgehead atoms. The molecule has 0 radical (unpaired) electrons. The third-order valence-electron chi connectivity index (χ3n) is 2.17. The molecule has 0 saturated carbocycles. The molecule has 0 aliphatic heterocycles. The minimum absolute atomic E-state index is 0.163. The van der Waals surface area contributed by atoms with Crippen molar-refractivity contribution in [2.45, 2.75) is 25.1 Å². The van der Waals surface area contributed by atoms with Gasteiger partial charge in [0.15, 0.2) is 0 Å². The van der Waals surface area contributed by atoms with Gasteiger partial charge in [0.1, 0.15) is 5.75 Å². The van der Waals surface area contributed by atoms with Crippen LogP contribution < -0.4 is 10.5 Å². The first kappa shape index (κ1) is 12.8. The van der Waals surface area contributed by atoms with E-state index in [4.69, 9.17) is 10.5 Å². The smallest absolute Gasteiger partial charge is 0.389 e. The maximum absolute atomic E-state index is 12.0. The number of nitrogens with zero attached hydrogens (tertiary/aromatic N) is 1. The fourth-order valence-electron chi connectivity index (χ4n) is 1.34. The van der Waals surface area contributed by atoms with Crippen molar-refractivity contribution in [1.82, 2.24) is 4.98 Å². The first-order valence-electron chi connectivity index (χ1n) is 4.74. The maximum Gasteiger partial charge on any atom is 0.389 e. The largest absolute Gasteiger partial charge is 0.495 e. The molecule has 16 heavy (non-hydrogen) atoms. The van der Waals surface area contributed by atoms with Crippen molar-refractivity contribution < 1.29 is 17.9 Å². The molecule has 6 heteroatoms. The highest BCUT2D eigenvalue weighted by Crippen LogP contribution is 2.29. The van der Waals surface area contributed by atoms with Gasteiger partial charge in [-0.1, -0.05) is 0 Å². The standard InChI is InChI=1S/C10H13F3N2O/c1-16-9-6-15-5-3-7(9)8(14)2-4-10(11,12)13/h3,5-6,8H,2,4,14H2,1H3. The molecule has 0 fully saturated rings. The van der Waals surface area contributed by atoms with Crippen LogP contribution >= 0.6 is 0 Å². The van der Waals surface area contributed by atoms with Crippen LogP contribution in [0.15, 0.2) is 18.5 Å². The molecule has 0 aliphatic rings. The lowest BCUT2D eigenvalue weighted by Gasteiger charge is -2.15. The number of halogens is 3. The zero-order valence-corrected chi connectivity index (χ0v) is 8.79. The normalized spacial score (nSPS) is 13.6. The molecule has 0 aliphatic carbocycles. The predicted octanol–water partition coefficient (Wildman–Crippen LogP) is 2.43. The molecule has 1 heterocycles. The van der Waals surface area contributed by atoms with E-state index < -0.39 is 18.6 Å². The first-order chi connectivity index (χ1) is 7.44. The van der Waals surface area contributed by atoms with Crippen molar-refractivity contribution in [1.29, 1.82) is 0 Å². The number of nitrogens with two attached hydrogens (primary N) is 1. The highest BCUT2D eigenvalue weighted by Gasteiger charge is 2.28. The van der Waals surface area contributed by atoms with Gasteiger partial charge in [-0.25, -0.2) is 0 Å². The molecule has 0 spiro atoms. The summed E-state index contributed by atoms with van der Waals surface area (Å²) in [5.74, 6) is 0.414. The van der Waals surface area contributed by atoms with Crippen LogP contribution in [0.25, 0.3) is 0 Å². The summed E-state index contributed by atoms with van der Waals surface area (Å²) in [6.07, 6.45) is -2.34. The molecule has 3 nitrogen and oxygen atoms in total. The van der Waals surface area contributed by atoms with Crippen LogP contribution in [0, 0.1) is 0 Å². The van der Waals surface area contributed by atoms with E-state index in [0.717, 1.165) is 0 Å². The van der Waals surface area contributed by atoms with Gasteiger partial charge in [-0.05, 0) is 12.5 Å². The summed E-state index contributed by atoms with van der Waals surface area (Å²) in [7, 11) is 1.43. The molecule has 0 amide bonds. The molecule has 1 rings (SSSR count). The van der Waals surface area contributed by atoms with Gasteiger partial charge in [-0.15, -0.1) is 0 Å². The topological polar surface area (TPSA) is 48.1 Å². The van der Waals surface area contributed by atoms with Crippen LogP contribution in [0.5, 0.6) is 5.75 Å².